The first kappa shape index (κ1) is 13.9. The molecule has 0 bridgehead atoms. The number of furan rings is 1. The Hall–Kier alpha value is -1.52. The van der Waals surface area contributed by atoms with Gasteiger partial charge in [-0.2, -0.15) is 0 Å². The molecule has 0 amide bonds. The Morgan fingerprint density at radius 1 is 1.32 bits per heavy atom. The molecule has 0 fully saturated rings. The van der Waals surface area contributed by atoms with E-state index in [0.29, 0.717) is 6.54 Å². The lowest BCUT2D eigenvalue weighted by atomic mass is 10.1. The third-order valence-electron chi connectivity index (χ3n) is 2.76. The average molecular weight is 263 g/mol. The van der Waals surface area contributed by atoms with E-state index in [0.717, 1.165) is 16.7 Å². The van der Waals surface area contributed by atoms with E-state index in [9.17, 15) is 5.11 Å². The molecule has 0 aliphatic rings. The Balaban J connectivity index is 1.90. The van der Waals surface area contributed by atoms with Crippen LogP contribution in [0, 0.1) is 0 Å². The van der Waals surface area contributed by atoms with Gasteiger partial charge in [-0.3, -0.25) is 0 Å². The predicted octanol–water partition coefficient (Wildman–Crippen LogP) is 2.56. The van der Waals surface area contributed by atoms with Crippen LogP contribution in [0.25, 0.3) is 11.0 Å². The number of fused-ring (bicyclic) bond motifs is 1. The summed E-state index contributed by atoms with van der Waals surface area (Å²) in [5.74, 6) is 0.737. The van der Waals surface area contributed by atoms with Crippen molar-refractivity contribution < 1.29 is 14.3 Å². The first-order valence-electron chi connectivity index (χ1n) is 6.48. The van der Waals surface area contributed by atoms with Crippen LogP contribution in [0.3, 0.4) is 0 Å². The number of aliphatic hydroxyl groups is 1. The van der Waals surface area contributed by atoms with Crippen LogP contribution >= 0.6 is 0 Å². The van der Waals surface area contributed by atoms with Crippen molar-refractivity contribution >= 4 is 11.0 Å². The van der Waals surface area contributed by atoms with Crippen LogP contribution in [0.15, 0.2) is 34.9 Å². The molecule has 2 aromatic rings. The van der Waals surface area contributed by atoms with Gasteiger partial charge in [0.15, 0.2) is 0 Å². The second-order valence-corrected chi connectivity index (χ2v) is 5.68. The maximum atomic E-state index is 9.89. The van der Waals surface area contributed by atoms with Crippen molar-refractivity contribution in [1.29, 1.82) is 0 Å². The molecule has 0 aliphatic carbocycles. The van der Waals surface area contributed by atoms with Gasteiger partial charge >= 0.3 is 0 Å². The van der Waals surface area contributed by atoms with Gasteiger partial charge in [-0.05, 0) is 39.0 Å². The highest BCUT2D eigenvalue weighted by Gasteiger charge is 2.13. The molecule has 1 unspecified atom stereocenters. The monoisotopic (exact) mass is 263 g/mol. The standard InChI is InChI=1S/C15H21NO3/c1-15(2,3)16-9-11(17)10-19-14-6-4-5-13-12(14)7-8-18-13/h4-8,11,16-17H,9-10H2,1-3H3. The molecular formula is C15H21NO3. The lowest BCUT2D eigenvalue weighted by Crippen LogP contribution is -2.42. The smallest absolute Gasteiger partial charge is 0.137 e. The van der Waals surface area contributed by atoms with Crippen molar-refractivity contribution in [2.24, 2.45) is 0 Å². The van der Waals surface area contributed by atoms with Crippen LogP contribution in [0.2, 0.25) is 0 Å². The number of rotatable bonds is 5. The summed E-state index contributed by atoms with van der Waals surface area (Å²) in [6.45, 7) is 6.95. The van der Waals surface area contributed by atoms with E-state index < -0.39 is 6.10 Å². The minimum absolute atomic E-state index is 0.00838. The molecule has 0 spiro atoms. The summed E-state index contributed by atoms with van der Waals surface area (Å²) in [5.41, 5.74) is 0.783. The molecule has 2 rings (SSSR count). The summed E-state index contributed by atoms with van der Waals surface area (Å²) in [4.78, 5) is 0. The van der Waals surface area contributed by atoms with Crippen molar-refractivity contribution in [1.82, 2.24) is 5.32 Å². The second-order valence-electron chi connectivity index (χ2n) is 5.68. The van der Waals surface area contributed by atoms with E-state index in [1.807, 2.05) is 24.3 Å². The Bertz CT molecular complexity index is 527. The van der Waals surface area contributed by atoms with E-state index >= 15 is 0 Å². The molecule has 1 aromatic carbocycles. The molecular weight excluding hydrogens is 242 g/mol. The quantitative estimate of drug-likeness (QED) is 0.870. The van der Waals surface area contributed by atoms with Crippen LogP contribution < -0.4 is 10.1 Å². The summed E-state index contributed by atoms with van der Waals surface area (Å²) in [6.07, 6.45) is 1.09. The predicted molar refractivity (Wildman–Crippen MR) is 75.5 cm³/mol. The Kier molecular flexibility index (Phi) is 4.12. The number of nitrogens with one attached hydrogen (secondary N) is 1. The molecule has 0 saturated heterocycles. The van der Waals surface area contributed by atoms with Crippen molar-refractivity contribution in [2.45, 2.75) is 32.4 Å². The van der Waals surface area contributed by atoms with Gasteiger partial charge in [0.05, 0.1) is 11.6 Å². The van der Waals surface area contributed by atoms with E-state index in [-0.39, 0.29) is 12.1 Å². The summed E-state index contributed by atoms with van der Waals surface area (Å²) >= 11 is 0. The largest absolute Gasteiger partial charge is 0.490 e. The van der Waals surface area contributed by atoms with E-state index in [4.69, 9.17) is 9.15 Å². The summed E-state index contributed by atoms with van der Waals surface area (Å²) in [7, 11) is 0. The number of hydrogen-bond acceptors (Lipinski definition) is 4. The highest BCUT2D eigenvalue weighted by Crippen LogP contribution is 2.26. The minimum atomic E-state index is -0.540. The zero-order valence-electron chi connectivity index (χ0n) is 11.6. The second kappa shape index (κ2) is 5.63. The van der Waals surface area contributed by atoms with Gasteiger partial charge in [0, 0.05) is 12.1 Å². The summed E-state index contributed by atoms with van der Waals surface area (Å²) in [6, 6.07) is 7.51. The van der Waals surface area contributed by atoms with Gasteiger partial charge in [0.1, 0.15) is 24.0 Å². The van der Waals surface area contributed by atoms with Crippen molar-refractivity contribution in [3.8, 4) is 5.75 Å². The van der Waals surface area contributed by atoms with Crippen LogP contribution in [0.4, 0.5) is 0 Å². The first-order valence-corrected chi connectivity index (χ1v) is 6.48. The molecule has 1 atom stereocenters. The van der Waals surface area contributed by atoms with E-state index in [1.165, 1.54) is 0 Å². The van der Waals surface area contributed by atoms with Crippen LogP contribution in [0.1, 0.15) is 20.8 Å². The highest BCUT2D eigenvalue weighted by atomic mass is 16.5. The van der Waals surface area contributed by atoms with Crippen LogP contribution in [-0.4, -0.2) is 29.9 Å². The maximum absolute atomic E-state index is 9.89. The fourth-order valence-electron chi connectivity index (χ4n) is 1.76. The minimum Gasteiger partial charge on any atom is -0.490 e. The number of β-amino-alcohol motifs (C(OH)–C–C–N with tert-alkyl or cyclic N) is 1. The Labute approximate surface area is 113 Å². The zero-order valence-corrected chi connectivity index (χ0v) is 11.6. The molecule has 4 nitrogen and oxygen atoms in total. The summed E-state index contributed by atoms with van der Waals surface area (Å²) in [5, 5.41) is 14.1. The van der Waals surface area contributed by atoms with Crippen LogP contribution in [-0.2, 0) is 0 Å². The normalized spacial score (nSPS) is 13.7. The Morgan fingerprint density at radius 2 is 2.11 bits per heavy atom. The SMILES string of the molecule is CC(C)(C)NCC(O)COc1cccc2occc12. The fourth-order valence-corrected chi connectivity index (χ4v) is 1.76. The van der Waals surface area contributed by atoms with Crippen LogP contribution in [0.5, 0.6) is 5.75 Å². The number of hydrogen-bond donors (Lipinski definition) is 2. The molecule has 4 heteroatoms. The molecule has 104 valence electrons. The number of aliphatic hydroxyl groups excluding tert-OH is 1. The molecule has 19 heavy (non-hydrogen) atoms. The topological polar surface area (TPSA) is 54.6 Å². The highest BCUT2D eigenvalue weighted by molar-refractivity contribution is 5.83. The molecule has 0 saturated carbocycles. The van der Waals surface area contributed by atoms with Gasteiger partial charge < -0.3 is 19.6 Å². The van der Waals surface area contributed by atoms with Gasteiger partial charge in [0.2, 0.25) is 0 Å². The lowest BCUT2D eigenvalue weighted by molar-refractivity contribution is 0.101. The number of benzene rings is 1. The van der Waals surface area contributed by atoms with Crippen molar-refractivity contribution in [2.75, 3.05) is 13.2 Å². The van der Waals surface area contributed by atoms with Gasteiger partial charge in [0.25, 0.3) is 0 Å². The lowest BCUT2D eigenvalue weighted by Gasteiger charge is -2.23. The molecule has 1 heterocycles. The van der Waals surface area contributed by atoms with Gasteiger partial charge in [-0.15, -0.1) is 0 Å². The van der Waals surface area contributed by atoms with E-state index in [2.05, 4.69) is 26.1 Å². The third kappa shape index (κ3) is 3.98. The molecule has 0 aliphatic heterocycles. The first-order chi connectivity index (χ1) is 8.96. The average Bonchev–Trinajstić information content (AvgIpc) is 2.81. The van der Waals surface area contributed by atoms with Gasteiger partial charge in [-0.25, -0.2) is 0 Å². The maximum Gasteiger partial charge on any atom is 0.137 e. The molecule has 1 aromatic heterocycles. The van der Waals surface area contributed by atoms with E-state index in [1.54, 1.807) is 6.26 Å². The molecule has 2 N–H and O–H groups in total. The van der Waals surface area contributed by atoms with Crippen molar-refractivity contribution in [3.05, 3.63) is 30.5 Å². The Morgan fingerprint density at radius 3 is 2.84 bits per heavy atom. The third-order valence-corrected chi connectivity index (χ3v) is 2.76. The number of ether oxygens (including phenoxy) is 1. The summed E-state index contributed by atoms with van der Waals surface area (Å²) < 4.78 is 11.0. The molecule has 0 radical (unpaired) electrons. The zero-order chi connectivity index (χ0) is 13.9. The fraction of sp³-hybridized carbons (Fsp3) is 0.467. The van der Waals surface area contributed by atoms with Gasteiger partial charge in [-0.1, -0.05) is 6.07 Å². The van der Waals surface area contributed by atoms with Crippen molar-refractivity contribution in [3.63, 3.8) is 0 Å².